The number of Topliss-reactive ketones (excluding diaryl/α,β-unsaturated/α-hetero) is 1. The highest BCUT2D eigenvalue weighted by molar-refractivity contribution is 5.99. The molecule has 0 aliphatic rings. The number of aromatic nitrogens is 4. The molecule has 0 aliphatic carbocycles. The third kappa shape index (κ3) is 2.82. The molecule has 0 aliphatic heterocycles. The first-order valence-electron chi connectivity index (χ1n) is 5.48. The van der Waals surface area contributed by atoms with Crippen molar-refractivity contribution in [3.05, 3.63) is 35.7 Å². The summed E-state index contributed by atoms with van der Waals surface area (Å²) in [6.45, 7) is 1.90. The topological polar surface area (TPSA) is 104 Å². The Morgan fingerprint density at radius 1 is 1.44 bits per heavy atom. The van der Waals surface area contributed by atoms with Crippen LogP contribution in [0.15, 0.2) is 18.6 Å². The van der Waals surface area contributed by atoms with Gasteiger partial charge in [-0.3, -0.25) is 14.7 Å². The van der Waals surface area contributed by atoms with Gasteiger partial charge in [0.2, 0.25) is 0 Å². The molecule has 7 heteroatoms. The van der Waals surface area contributed by atoms with Crippen molar-refractivity contribution in [1.29, 1.82) is 0 Å². The van der Waals surface area contributed by atoms with Gasteiger partial charge in [-0.05, 0) is 13.0 Å². The van der Waals surface area contributed by atoms with E-state index in [9.17, 15) is 9.59 Å². The third-order valence-electron chi connectivity index (χ3n) is 2.45. The fourth-order valence-corrected chi connectivity index (χ4v) is 1.47. The molecule has 7 nitrogen and oxygen atoms in total. The van der Waals surface area contributed by atoms with E-state index >= 15 is 0 Å². The van der Waals surface area contributed by atoms with Crippen LogP contribution in [0.2, 0.25) is 0 Å². The molecular formula is C11H13N5O2. The maximum atomic E-state index is 11.7. The number of hydrogen-bond acceptors (Lipinski definition) is 4. The highest BCUT2D eigenvalue weighted by atomic mass is 16.2. The predicted molar refractivity (Wildman–Crippen MR) is 63.2 cm³/mol. The lowest BCUT2D eigenvalue weighted by molar-refractivity contribution is 0.0949. The van der Waals surface area contributed by atoms with Crippen molar-refractivity contribution in [2.24, 2.45) is 0 Å². The average Bonchev–Trinajstić information content (AvgIpc) is 2.99. The molecule has 94 valence electrons. The smallest absolute Gasteiger partial charge is 0.267 e. The number of amides is 1. The Kier molecular flexibility index (Phi) is 3.52. The molecule has 0 saturated carbocycles. The fourth-order valence-electron chi connectivity index (χ4n) is 1.47. The molecule has 1 amide bonds. The lowest BCUT2D eigenvalue weighted by atomic mass is 10.2. The van der Waals surface area contributed by atoms with Crippen LogP contribution in [-0.4, -0.2) is 38.4 Å². The second-order valence-electron chi connectivity index (χ2n) is 3.80. The van der Waals surface area contributed by atoms with Gasteiger partial charge >= 0.3 is 0 Å². The molecule has 0 fully saturated rings. The van der Waals surface area contributed by atoms with Gasteiger partial charge in [0.25, 0.3) is 5.91 Å². The van der Waals surface area contributed by atoms with Gasteiger partial charge in [-0.2, -0.15) is 5.10 Å². The Bertz CT molecular complexity index is 544. The molecule has 0 aromatic carbocycles. The lowest BCUT2D eigenvalue weighted by Gasteiger charge is -2.01. The number of ketones is 1. The van der Waals surface area contributed by atoms with Gasteiger partial charge in [0, 0.05) is 24.7 Å². The summed E-state index contributed by atoms with van der Waals surface area (Å²) < 4.78 is 0. The summed E-state index contributed by atoms with van der Waals surface area (Å²) in [5, 5.41) is 9.13. The van der Waals surface area contributed by atoms with Gasteiger partial charge in [0.05, 0.1) is 0 Å². The number of carbonyl (C=O) groups excluding carboxylic acids is 2. The first-order valence-corrected chi connectivity index (χ1v) is 5.48. The Morgan fingerprint density at radius 2 is 2.28 bits per heavy atom. The van der Waals surface area contributed by atoms with Crippen LogP contribution in [0.25, 0.3) is 0 Å². The van der Waals surface area contributed by atoms with Crippen LogP contribution in [0, 0.1) is 0 Å². The zero-order chi connectivity index (χ0) is 13.0. The molecule has 0 saturated heterocycles. The van der Waals surface area contributed by atoms with Crippen LogP contribution < -0.4 is 5.32 Å². The molecule has 18 heavy (non-hydrogen) atoms. The largest absolute Gasteiger partial charge is 0.356 e. The van der Waals surface area contributed by atoms with Crippen LogP contribution >= 0.6 is 0 Å². The first kappa shape index (κ1) is 12.0. The number of aromatic amines is 2. The Morgan fingerprint density at radius 3 is 2.89 bits per heavy atom. The van der Waals surface area contributed by atoms with Gasteiger partial charge in [-0.1, -0.05) is 0 Å². The summed E-state index contributed by atoms with van der Waals surface area (Å²) >= 11 is 0. The minimum Gasteiger partial charge on any atom is -0.356 e. The van der Waals surface area contributed by atoms with Crippen LogP contribution in [0.1, 0.15) is 33.6 Å². The summed E-state index contributed by atoms with van der Waals surface area (Å²) in [6.07, 6.45) is 3.51. The van der Waals surface area contributed by atoms with Crippen molar-refractivity contribution in [3.63, 3.8) is 0 Å². The predicted octanol–water partition coefficient (Wildman–Crippen LogP) is 0.308. The molecule has 0 radical (unpaired) electrons. The van der Waals surface area contributed by atoms with Crippen LogP contribution in [-0.2, 0) is 6.42 Å². The molecule has 0 atom stereocenters. The zero-order valence-electron chi connectivity index (χ0n) is 9.86. The summed E-state index contributed by atoms with van der Waals surface area (Å²) in [4.78, 5) is 29.5. The molecule has 2 aromatic rings. The van der Waals surface area contributed by atoms with Crippen molar-refractivity contribution in [2.75, 3.05) is 6.54 Å². The van der Waals surface area contributed by atoms with E-state index in [2.05, 4.69) is 25.5 Å². The summed E-state index contributed by atoms with van der Waals surface area (Å²) in [5.74, 6) is 0.389. The molecular weight excluding hydrogens is 234 g/mol. The van der Waals surface area contributed by atoms with E-state index < -0.39 is 0 Å². The van der Waals surface area contributed by atoms with Crippen molar-refractivity contribution in [3.8, 4) is 0 Å². The maximum Gasteiger partial charge on any atom is 0.267 e. The molecule has 3 N–H and O–H groups in total. The molecule has 2 heterocycles. The number of nitrogens with one attached hydrogen (secondary N) is 3. The van der Waals surface area contributed by atoms with Crippen LogP contribution in [0.4, 0.5) is 0 Å². The Hall–Kier alpha value is -2.44. The molecule has 0 bridgehead atoms. The number of rotatable bonds is 5. The Labute approximate surface area is 103 Å². The zero-order valence-corrected chi connectivity index (χ0v) is 9.86. The number of nitrogens with zero attached hydrogens (tertiary/aromatic N) is 2. The van der Waals surface area contributed by atoms with Gasteiger partial charge in [-0.25, -0.2) is 4.98 Å². The molecule has 0 spiro atoms. The quantitative estimate of drug-likeness (QED) is 0.661. The standard InChI is InChI=1S/C11H13N5O2/c1-7(17)8-4-9(13-5-8)11(18)12-3-2-10-14-6-15-16-10/h4-6,13H,2-3H2,1H3,(H,12,18)(H,14,15,16). The Balaban J connectivity index is 1.85. The SMILES string of the molecule is CC(=O)c1c[nH]c(C(=O)NCCc2ncn[nH]2)c1. The number of carbonyl (C=O) groups is 2. The summed E-state index contributed by atoms with van der Waals surface area (Å²) in [5.41, 5.74) is 0.869. The van der Waals surface area contributed by atoms with Gasteiger partial charge < -0.3 is 10.3 Å². The second kappa shape index (κ2) is 5.26. The number of hydrogen-bond donors (Lipinski definition) is 3. The van der Waals surface area contributed by atoms with E-state index in [1.54, 1.807) is 0 Å². The first-order chi connectivity index (χ1) is 8.66. The monoisotopic (exact) mass is 247 g/mol. The third-order valence-corrected chi connectivity index (χ3v) is 2.45. The lowest BCUT2D eigenvalue weighted by Crippen LogP contribution is -2.26. The number of H-pyrrole nitrogens is 2. The second-order valence-corrected chi connectivity index (χ2v) is 3.80. The van der Waals surface area contributed by atoms with E-state index in [0.29, 0.717) is 30.0 Å². The van der Waals surface area contributed by atoms with E-state index in [1.807, 2.05) is 0 Å². The summed E-state index contributed by atoms with van der Waals surface area (Å²) in [6, 6.07) is 1.53. The van der Waals surface area contributed by atoms with Gasteiger partial charge in [0.1, 0.15) is 17.8 Å². The maximum absolute atomic E-state index is 11.7. The molecule has 2 rings (SSSR count). The van der Waals surface area contributed by atoms with E-state index in [4.69, 9.17) is 0 Å². The fraction of sp³-hybridized carbons (Fsp3) is 0.273. The van der Waals surface area contributed by atoms with Gasteiger partial charge in [-0.15, -0.1) is 0 Å². The summed E-state index contributed by atoms with van der Waals surface area (Å²) in [7, 11) is 0. The highest BCUT2D eigenvalue weighted by Gasteiger charge is 2.10. The van der Waals surface area contributed by atoms with Crippen molar-refractivity contribution < 1.29 is 9.59 Å². The van der Waals surface area contributed by atoms with Crippen molar-refractivity contribution in [2.45, 2.75) is 13.3 Å². The molecule has 0 unspecified atom stereocenters. The molecule has 2 aromatic heterocycles. The van der Waals surface area contributed by atoms with Crippen molar-refractivity contribution in [1.82, 2.24) is 25.5 Å². The van der Waals surface area contributed by atoms with Crippen LogP contribution in [0.5, 0.6) is 0 Å². The van der Waals surface area contributed by atoms with E-state index in [0.717, 1.165) is 0 Å². The normalized spacial score (nSPS) is 10.3. The average molecular weight is 247 g/mol. The highest BCUT2D eigenvalue weighted by Crippen LogP contribution is 2.04. The van der Waals surface area contributed by atoms with Gasteiger partial charge in [0.15, 0.2) is 5.78 Å². The minimum absolute atomic E-state index is 0.0769. The van der Waals surface area contributed by atoms with Crippen LogP contribution in [0.3, 0.4) is 0 Å². The minimum atomic E-state index is -0.248. The van der Waals surface area contributed by atoms with E-state index in [-0.39, 0.29) is 11.7 Å². The van der Waals surface area contributed by atoms with Crippen molar-refractivity contribution >= 4 is 11.7 Å². The van der Waals surface area contributed by atoms with E-state index in [1.165, 1.54) is 25.5 Å².